The topological polar surface area (TPSA) is 12.0 Å². The number of nitrogens with one attached hydrogen (secondary N) is 1. The Kier molecular flexibility index (Phi) is 4.41. The van der Waals surface area contributed by atoms with Gasteiger partial charge in [0.15, 0.2) is 0 Å². The zero-order valence-electron chi connectivity index (χ0n) is 12.1. The highest BCUT2D eigenvalue weighted by Crippen LogP contribution is 2.32. The van der Waals surface area contributed by atoms with Gasteiger partial charge in [-0.2, -0.15) is 0 Å². The molecule has 0 saturated heterocycles. The predicted molar refractivity (Wildman–Crippen MR) is 87.9 cm³/mol. The molecule has 3 heteroatoms. The van der Waals surface area contributed by atoms with Crippen molar-refractivity contribution >= 4 is 15.9 Å². The highest BCUT2D eigenvalue weighted by molar-refractivity contribution is 9.10. The first-order valence-corrected chi connectivity index (χ1v) is 8.20. The van der Waals surface area contributed by atoms with Crippen LogP contribution >= 0.6 is 15.9 Å². The van der Waals surface area contributed by atoms with E-state index in [0.717, 1.165) is 29.3 Å². The van der Waals surface area contributed by atoms with Gasteiger partial charge in [-0.05, 0) is 67.1 Å². The van der Waals surface area contributed by atoms with Crippen molar-refractivity contribution in [1.29, 1.82) is 0 Å². The number of fused-ring (bicyclic) bond motifs is 1. The summed E-state index contributed by atoms with van der Waals surface area (Å²) in [6.45, 7) is 2.21. The molecule has 0 spiro atoms. The maximum Gasteiger partial charge on any atom is 0.123 e. The molecule has 2 unspecified atom stereocenters. The fraction of sp³-hybridized carbons (Fsp3) is 0.333. The summed E-state index contributed by atoms with van der Waals surface area (Å²) >= 11 is 3.46. The number of hydrogen-bond acceptors (Lipinski definition) is 1. The van der Waals surface area contributed by atoms with Crippen molar-refractivity contribution in [2.24, 2.45) is 0 Å². The third-order valence-corrected chi connectivity index (χ3v) is 4.65. The second-order valence-electron chi connectivity index (χ2n) is 5.83. The molecule has 0 fully saturated rings. The molecule has 0 bridgehead atoms. The van der Waals surface area contributed by atoms with Crippen molar-refractivity contribution in [2.45, 2.75) is 38.3 Å². The monoisotopic (exact) mass is 347 g/mol. The van der Waals surface area contributed by atoms with Crippen LogP contribution in [0.15, 0.2) is 46.9 Å². The van der Waals surface area contributed by atoms with Crippen LogP contribution in [-0.4, -0.2) is 6.04 Å². The molecule has 0 radical (unpaired) electrons. The van der Waals surface area contributed by atoms with E-state index in [4.69, 9.17) is 0 Å². The summed E-state index contributed by atoms with van der Waals surface area (Å²) in [7, 11) is 0. The SMILES string of the molecule is CC(Cc1ccc(Br)cc1)NC1CCc2cc(F)ccc21. The van der Waals surface area contributed by atoms with Gasteiger partial charge in [0, 0.05) is 16.6 Å². The Morgan fingerprint density at radius 1 is 1.24 bits per heavy atom. The number of benzene rings is 2. The number of hydrogen-bond donors (Lipinski definition) is 1. The molecule has 21 heavy (non-hydrogen) atoms. The van der Waals surface area contributed by atoms with E-state index in [2.05, 4.69) is 52.4 Å². The smallest absolute Gasteiger partial charge is 0.123 e. The second-order valence-corrected chi connectivity index (χ2v) is 6.75. The summed E-state index contributed by atoms with van der Waals surface area (Å²) in [6.07, 6.45) is 3.03. The summed E-state index contributed by atoms with van der Waals surface area (Å²) < 4.78 is 14.4. The van der Waals surface area contributed by atoms with Gasteiger partial charge in [-0.15, -0.1) is 0 Å². The van der Waals surface area contributed by atoms with E-state index in [1.807, 2.05) is 6.07 Å². The first-order chi connectivity index (χ1) is 10.1. The van der Waals surface area contributed by atoms with Crippen LogP contribution in [0.3, 0.4) is 0 Å². The fourth-order valence-electron chi connectivity index (χ4n) is 3.14. The van der Waals surface area contributed by atoms with E-state index in [0.29, 0.717) is 12.1 Å². The van der Waals surface area contributed by atoms with Crippen LogP contribution < -0.4 is 5.32 Å². The highest BCUT2D eigenvalue weighted by atomic mass is 79.9. The average Bonchev–Trinajstić information content (AvgIpc) is 2.83. The first-order valence-electron chi connectivity index (χ1n) is 7.40. The fourth-order valence-corrected chi connectivity index (χ4v) is 3.40. The number of aryl methyl sites for hydroxylation is 1. The molecule has 0 heterocycles. The van der Waals surface area contributed by atoms with Gasteiger partial charge in [0.25, 0.3) is 0 Å². The van der Waals surface area contributed by atoms with Crippen LogP contribution in [0.1, 0.15) is 36.1 Å². The molecule has 3 rings (SSSR count). The molecular formula is C18H19BrFN. The van der Waals surface area contributed by atoms with Crippen LogP contribution in [-0.2, 0) is 12.8 Å². The molecule has 0 aromatic heterocycles. The van der Waals surface area contributed by atoms with E-state index in [-0.39, 0.29) is 5.82 Å². The summed E-state index contributed by atoms with van der Waals surface area (Å²) in [6, 6.07) is 14.4. The Morgan fingerprint density at radius 3 is 2.76 bits per heavy atom. The van der Waals surface area contributed by atoms with Gasteiger partial charge in [0.2, 0.25) is 0 Å². The van der Waals surface area contributed by atoms with Gasteiger partial charge in [0.1, 0.15) is 5.82 Å². The Hall–Kier alpha value is -1.19. The maximum absolute atomic E-state index is 13.2. The average molecular weight is 348 g/mol. The molecule has 0 amide bonds. The largest absolute Gasteiger partial charge is 0.307 e. The molecule has 0 saturated carbocycles. The van der Waals surface area contributed by atoms with Crippen LogP contribution in [0.4, 0.5) is 4.39 Å². The third kappa shape index (κ3) is 3.53. The lowest BCUT2D eigenvalue weighted by Gasteiger charge is -2.20. The van der Waals surface area contributed by atoms with E-state index >= 15 is 0 Å². The predicted octanol–water partition coefficient (Wildman–Crippen LogP) is 4.80. The van der Waals surface area contributed by atoms with Gasteiger partial charge in [-0.3, -0.25) is 0 Å². The van der Waals surface area contributed by atoms with E-state index in [1.165, 1.54) is 11.1 Å². The third-order valence-electron chi connectivity index (χ3n) is 4.12. The van der Waals surface area contributed by atoms with E-state index < -0.39 is 0 Å². The second kappa shape index (κ2) is 6.29. The van der Waals surface area contributed by atoms with Crippen LogP contribution in [0.5, 0.6) is 0 Å². The van der Waals surface area contributed by atoms with Gasteiger partial charge in [-0.1, -0.05) is 34.1 Å². The Balaban J connectivity index is 1.64. The van der Waals surface area contributed by atoms with Crippen molar-refractivity contribution in [3.05, 3.63) is 69.4 Å². The summed E-state index contributed by atoms with van der Waals surface area (Å²) in [5, 5.41) is 3.68. The maximum atomic E-state index is 13.2. The van der Waals surface area contributed by atoms with Crippen LogP contribution in [0.2, 0.25) is 0 Å². The van der Waals surface area contributed by atoms with E-state index in [1.54, 1.807) is 12.1 Å². The normalized spacial score (nSPS) is 18.5. The summed E-state index contributed by atoms with van der Waals surface area (Å²) in [5.74, 6) is -0.127. The van der Waals surface area contributed by atoms with Crippen molar-refractivity contribution in [3.8, 4) is 0 Å². The van der Waals surface area contributed by atoms with Gasteiger partial charge in [-0.25, -0.2) is 4.39 Å². The molecule has 2 aromatic carbocycles. The van der Waals surface area contributed by atoms with Gasteiger partial charge < -0.3 is 5.32 Å². The summed E-state index contributed by atoms with van der Waals surface area (Å²) in [5.41, 5.74) is 3.75. The Morgan fingerprint density at radius 2 is 2.00 bits per heavy atom. The molecule has 1 aliphatic rings. The number of halogens is 2. The highest BCUT2D eigenvalue weighted by Gasteiger charge is 2.23. The van der Waals surface area contributed by atoms with Crippen molar-refractivity contribution in [3.63, 3.8) is 0 Å². The standard InChI is InChI=1S/C18H19BrFN/c1-12(10-13-2-5-15(19)6-3-13)21-18-9-4-14-11-16(20)7-8-17(14)18/h2-3,5-8,11-12,18,21H,4,9-10H2,1H3. The minimum absolute atomic E-state index is 0.127. The minimum atomic E-state index is -0.127. The lowest BCUT2D eigenvalue weighted by molar-refractivity contribution is 0.451. The molecule has 1 N–H and O–H groups in total. The van der Waals surface area contributed by atoms with E-state index in [9.17, 15) is 4.39 Å². The van der Waals surface area contributed by atoms with Gasteiger partial charge in [0.05, 0.1) is 0 Å². The molecule has 2 atom stereocenters. The molecule has 1 aliphatic carbocycles. The van der Waals surface area contributed by atoms with Crippen LogP contribution in [0, 0.1) is 5.82 Å². The van der Waals surface area contributed by atoms with Crippen molar-refractivity contribution < 1.29 is 4.39 Å². The molecule has 0 aliphatic heterocycles. The zero-order valence-corrected chi connectivity index (χ0v) is 13.7. The summed E-state index contributed by atoms with van der Waals surface area (Å²) in [4.78, 5) is 0. The molecule has 2 aromatic rings. The van der Waals surface area contributed by atoms with Crippen molar-refractivity contribution in [2.75, 3.05) is 0 Å². The lowest BCUT2D eigenvalue weighted by Crippen LogP contribution is -2.31. The minimum Gasteiger partial charge on any atom is -0.307 e. The van der Waals surface area contributed by atoms with Crippen LogP contribution in [0.25, 0.3) is 0 Å². The Labute approximate surface area is 133 Å². The van der Waals surface area contributed by atoms with Crippen molar-refractivity contribution in [1.82, 2.24) is 5.32 Å². The quantitative estimate of drug-likeness (QED) is 0.837. The first kappa shape index (κ1) is 14.7. The lowest BCUT2D eigenvalue weighted by atomic mass is 10.0. The Bertz CT molecular complexity index is 624. The molecule has 1 nitrogen and oxygen atoms in total. The zero-order chi connectivity index (χ0) is 14.8. The van der Waals surface area contributed by atoms with Gasteiger partial charge >= 0.3 is 0 Å². The molecule has 110 valence electrons. The molecular weight excluding hydrogens is 329 g/mol. The number of rotatable bonds is 4.